The van der Waals surface area contributed by atoms with Crippen LogP contribution in [-0.2, 0) is 11.2 Å². The molecule has 3 heteroatoms. The van der Waals surface area contributed by atoms with Crippen LogP contribution in [-0.4, -0.2) is 5.91 Å². The minimum absolute atomic E-state index is 0.118. The molecule has 0 aromatic heterocycles. The molecule has 0 fully saturated rings. The average molecular weight is 280 g/mol. The SMILES string of the molecule is C[C@@H](Nc1ccc2c(c1)CCCC(=O)N2)c1ccccc1. The Labute approximate surface area is 125 Å². The molecule has 1 atom stereocenters. The van der Waals surface area contributed by atoms with Crippen LogP contribution in [0.1, 0.15) is 36.9 Å². The number of fused-ring (bicyclic) bond motifs is 1. The summed E-state index contributed by atoms with van der Waals surface area (Å²) in [6, 6.07) is 16.8. The molecule has 1 aliphatic heterocycles. The van der Waals surface area contributed by atoms with Crippen LogP contribution < -0.4 is 10.6 Å². The van der Waals surface area contributed by atoms with E-state index < -0.39 is 0 Å². The number of nitrogens with one attached hydrogen (secondary N) is 2. The van der Waals surface area contributed by atoms with Crippen molar-refractivity contribution >= 4 is 17.3 Å². The third-order valence-electron chi connectivity index (χ3n) is 3.91. The van der Waals surface area contributed by atoms with Gasteiger partial charge in [0.15, 0.2) is 0 Å². The molecule has 2 N–H and O–H groups in total. The molecule has 0 radical (unpaired) electrons. The quantitative estimate of drug-likeness (QED) is 0.887. The monoisotopic (exact) mass is 280 g/mol. The fraction of sp³-hybridized carbons (Fsp3) is 0.278. The molecule has 108 valence electrons. The second-order valence-corrected chi connectivity index (χ2v) is 5.55. The van der Waals surface area contributed by atoms with Gasteiger partial charge in [0.05, 0.1) is 0 Å². The van der Waals surface area contributed by atoms with Crippen LogP contribution in [0.4, 0.5) is 11.4 Å². The van der Waals surface area contributed by atoms with Crippen molar-refractivity contribution < 1.29 is 4.79 Å². The molecule has 0 bridgehead atoms. The Bertz CT molecular complexity index is 637. The number of benzene rings is 2. The van der Waals surface area contributed by atoms with E-state index in [-0.39, 0.29) is 11.9 Å². The minimum Gasteiger partial charge on any atom is -0.379 e. The summed E-state index contributed by atoms with van der Waals surface area (Å²) in [6.07, 6.45) is 2.47. The molecular weight excluding hydrogens is 260 g/mol. The standard InChI is InChI=1S/C18H20N2O/c1-13(14-6-3-2-4-7-14)19-16-10-11-17-15(12-16)8-5-9-18(21)20-17/h2-4,6-7,10-13,19H,5,8-9H2,1H3,(H,20,21)/t13-/m1/s1. The fourth-order valence-corrected chi connectivity index (χ4v) is 2.74. The molecule has 0 saturated heterocycles. The summed E-state index contributed by atoms with van der Waals surface area (Å²) >= 11 is 0. The largest absolute Gasteiger partial charge is 0.379 e. The van der Waals surface area contributed by atoms with Crippen LogP contribution in [0.5, 0.6) is 0 Å². The fourth-order valence-electron chi connectivity index (χ4n) is 2.74. The lowest BCUT2D eigenvalue weighted by Crippen LogP contribution is -2.10. The van der Waals surface area contributed by atoms with E-state index in [0.29, 0.717) is 6.42 Å². The summed E-state index contributed by atoms with van der Waals surface area (Å²) in [4.78, 5) is 11.6. The Kier molecular flexibility index (Phi) is 3.91. The topological polar surface area (TPSA) is 41.1 Å². The molecule has 2 aromatic rings. The highest BCUT2D eigenvalue weighted by Crippen LogP contribution is 2.27. The molecule has 0 spiro atoms. The summed E-state index contributed by atoms with van der Waals surface area (Å²) in [6.45, 7) is 2.16. The third kappa shape index (κ3) is 3.24. The number of hydrogen-bond donors (Lipinski definition) is 2. The number of anilines is 2. The molecule has 0 unspecified atom stereocenters. The van der Waals surface area contributed by atoms with E-state index in [0.717, 1.165) is 24.2 Å². The molecule has 3 rings (SSSR count). The molecule has 2 aromatic carbocycles. The van der Waals surface area contributed by atoms with Crippen LogP contribution in [0.2, 0.25) is 0 Å². The molecule has 1 amide bonds. The van der Waals surface area contributed by atoms with Gasteiger partial charge in [-0.05, 0) is 49.1 Å². The molecule has 0 saturated carbocycles. The van der Waals surface area contributed by atoms with E-state index >= 15 is 0 Å². The zero-order valence-electron chi connectivity index (χ0n) is 12.2. The van der Waals surface area contributed by atoms with Gasteiger partial charge < -0.3 is 10.6 Å². The maximum Gasteiger partial charge on any atom is 0.224 e. The molecule has 3 nitrogen and oxygen atoms in total. The van der Waals surface area contributed by atoms with E-state index in [9.17, 15) is 4.79 Å². The molecule has 21 heavy (non-hydrogen) atoms. The zero-order chi connectivity index (χ0) is 14.7. The Balaban J connectivity index is 1.78. The first-order valence-corrected chi connectivity index (χ1v) is 7.46. The maximum atomic E-state index is 11.6. The highest BCUT2D eigenvalue weighted by molar-refractivity contribution is 5.92. The lowest BCUT2D eigenvalue weighted by molar-refractivity contribution is -0.116. The van der Waals surface area contributed by atoms with Gasteiger partial charge in [0.1, 0.15) is 0 Å². The summed E-state index contributed by atoms with van der Waals surface area (Å²) in [5.74, 6) is 0.118. The van der Waals surface area contributed by atoms with Gasteiger partial charge in [0.25, 0.3) is 0 Å². The number of aryl methyl sites for hydroxylation is 1. The molecule has 1 heterocycles. The van der Waals surface area contributed by atoms with Gasteiger partial charge in [0, 0.05) is 23.8 Å². The predicted molar refractivity (Wildman–Crippen MR) is 86.5 cm³/mol. The van der Waals surface area contributed by atoms with E-state index in [1.807, 2.05) is 18.2 Å². The van der Waals surface area contributed by atoms with Gasteiger partial charge in [-0.15, -0.1) is 0 Å². The van der Waals surface area contributed by atoms with Crippen LogP contribution >= 0.6 is 0 Å². The van der Waals surface area contributed by atoms with Crippen molar-refractivity contribution in [1.82, 2.24) is 0 Å². The number of carbonyl (C=O) groups is 1. The maximum absolute atomic E-state index is 11.6. The molecule has 1 aliphatic rings. The van der Waals surface area contributed by atoms with Crippen LogP contribution in [0.3, 0.4) is 0 Å². The van der Waals surface area contributed by atoms with Gasteiger partial charge in [-0.2, -0.15) is 0 Å². The van der Waals surface area contributed by atoms with E-state index in [2.05, 4.69) is 47.9 Å². The second kappa shape index (κ2) is 6.00. The molecule has 0 aliphatic carbocycles. The first-order chi connectivity index (χ1) is 10.2. The van der Waals surface area contributed by atoms with Gasteiger partial charge >= 0.3 is 0 Å². The van der Waals surface area contributed by atoms with Crippen molar-refractivity contribution in [3.8, 4) is 0 Å². The van der Waals surface area contributed by atoms with Crippen molar-refractivity contribution in [2.24, 2.45) is 0 Å². The number of carbonyl (C=O) groups excluding carboxylic acids is 1. The Morgan fingerprint density at radius 1 is 1.10 bits per heavy atom. The highest BCUT2D eigenvalue weighted by Gasteiger charge is 2.13. The van der Waals surface area contributed by atoms with Crippen molar-refractivity contribution in [3.05, 3.63) is 59.7 Å². The normalized spacial score (nSPS) is 15.6. The van der Waals surface area contributed by atoms with E-state index in [1.54, 1.807) is 0 Å². The Morgan fingerprint density at radius 2 is 1.90 bits per heavy atom. The smallest absolute Gasteiger partial charge is 0.224 e. The highest BCUT2D eigenvalue weighted by atomic mass is 16.1. The van der Waals surface area contributed by atoms with Gasteiger partial charge in [-0.1, -0.05) is 30.3 Å². The second-order valence-electron chi connectivity index (χ2n) is 5.55. The number of amides is 1. The lowest BCUT2D eigenvalue weighted by atomic mass is 10.1. The molecular formula is C18H20N2O. The van der Waals surface area contributed by atoms with Crippen LogP contribution in [0.15, 0.2) is 48.5 Å². The number of hydrogen-bond acceptors (Lipinski definition) is 2. The zero-order valence-corrected chi connectivity index (χ0v) is 12.2. The van der Waals surface area contributed by atoms with Gasteiger partial charge in [-0.3, -0.25) is 4.79 Å². The van der Waals surface area contributed by atoms with Crippen LogP contribution in [0.25, 0.3) is 0 Å². The van der Waals surface area contributed by atoms with Crippen molar-refractivity contribution in [2.75, 3.05) is 10.6 Å². The van der Waals surface area contributed by atoms with E-state index in [1.165, 1.54) is 11.1 Å². The van der Waals surface area contributed by atoms with Crippen molar-refractivity contribution in [2.45, 2.75) is 32.2 Å². The Hall–Kier alpha value is -2.29. The van der Waals surface area contributed by atoms with Gasteiger partial charge in [-0.25, -0.2) is 0 Å². The first-order valence-electron chi connectivity index (χ1n) is 7.46. The summed E-state index contributed by atoms with van der Waals surface area (Å²) in [7, 11) is 0. The summed E-state index contributed by atoms with van der Waals surface area (Å²) in [5.41, 5.74) is 4.53. The van der Waals surface area contributed by atoms with Crippen LogP contribution in [0, 0.1) is 0 Å². The number of rotatable bonds is 3. The van der Waals surface area contributed by atoms with Crippen molar-refractivity contribution in [3.63, 3.8) is 0 Å². The minimum atomic E-state index is 0.118. The Morgan fingerprint density at radius 3 is 2.71 bits per heavy atom. The lowest BCUT2D eigenvalue weighted by Gasteiger charge is -2.17. The van der Waals surface area contributed by atoms with E-state index in [4.69, 9.17) is 0 Å². The summed E-state index contributed by atoms with van der Waals surface area (Å²) in [5, 5.41) is 6.50. The average Bonchev–Trinajstić information content (AvgIpc) is 2.68. The van der Waals surface area contributed by atoms with Gasteiger partial charge in [0.2, 0.25) is 5.91 Å². The third-order valence-corrected chi connectivity index (χ3v) is 3.91. The van der Waals surface area contributed by atoms with Crippen molar-refractivity contribution in [1.29, 1.82) is 0 Å². The summed E-state index contributed by atoms with van der Waals surface area (Å²) < 4.78 is 0. The predicted octanol–water partition coefficient (Wildman–Crippen LogP) is 4.13. The first kappa shape index (κ1) is 13.7.